The van der Waals surface area contributed by atoms with Gasteiger partial charge in [-0.25, -0.2) is 0 Å². The Labute approximate surface area is 115 Å². The fourth-order valence-corrected chi connectivity index (χ4v) is 2.31. The summed E-state index contributed by atoms with van der Waals surface area (Å²) in [6, 6.07) is 11.1. The van der Waals surface area contributed by atoms with E-state index in [4.69, 9.17) is 0 Å². The van der Waals surface area contributed by atoms with E-state index in [0.29, 0.717) is 6.04 Å². The zero-order valence-corrected chi connectivity index (χ0v) is 12.0. The predicted molar refractivity (Wildman–Crippen MR) is 81.1 cm³/mol. The lowest BCUT2D eigenvalue weighted by Gasteiger charge is -2.18. The number of hydrogen-bond donors (Lipinski definition) is 1. The van der Waals surface area contributed by atoms with Gasteiger partial charge >= 0.3 is 0 Å². The third-order valence-corrected chi connectivity index (χ3v) is 3.31. The summed E-state index contributed by atoms with van der Waals surface area (Å²) in [4.78, 5) is 4.30. The van der Waals surface area contributed by atoms with Crippen molar-refractivity contribution in [3.63, 3.8) is 0 Å². The molecule has 1 aromatic carbocycles. The van der Waals surface area contributed by atoms with Crippen molar-refractivity contribution in [3.8, 4) is 11.1 Å². The Morgan fingerprint density at radius 2 is 2.00 bits per heavy atom. The van der Waals surface area contributed by atoms with Crippen LogP contribution >= 0.6 is 0 Å². The van der Waals surface area contributed by atoms with Crippen LogP contribution in [-0.2, 0) is 0 Å². The molecule has 0 saturated heterocycles. The molecule has 0 aliphatic rings. The second kappa shape index (κ2) is 6.48. The molecule has 0 saturated carbocycles. The van der Waals surface area contributed by atoms with Gasteiger partial charge in [-0.05, 0) is 49.6 Å². The van der Waals surface area contributed by atoms with E-state index in [2.05, 4.69) is 61.4 Å². The smallest absolute Gasteiger partial charge is 0.0346 e. The molecule has 1 heterocycles. The molecule has 0 radical (unpaired) electrons. The second-order valence-electron chi connectivity index (χ2n) is 5.01. The monoisotopic (exact) mass is 254 g/mol. The number of nitrogens with one attached hydrogen (secondary N) is 1. The molecule has 2 rings (SSSR count). The minimum absolute atomic E-state index is 0.358. The van der Waals surface area contributed by atoms with E-state index in [1.807, 2.05) is 12.4 Å². The summed E-state index contributed by atoms with van der Waals surface area (Å²) in [5.74, 6) is 0. The first kappa shape index (κ1) is 13.8. The van der Waals surface area contributed by atoms with Crippen LogP contribution in [0.4, 0.5) is 0 Å². The maximum Gasteiger partial charge on any atom is 0.0346 e. The molecule has 0 bridgehead atoms. The lowest BCUT2D eigenvalue weighted by atomic mass is 9.96. The Bertz CT molecular complexity index is 534. The maximum atomic E-state index is 4.30. The summed E-state index contributed by atoms with van der Waals surface area (Å²) < 4.78 is 0. The van der Waals surface area contributed by atoms with Crippen molar-refractivity contribution >= 4 is 0 Å². The van der Waals surface area contributed by atoms with Gasteiger partial charge in [0.1, 0.15) is 0 Å². The highest BCUT2D eigenvalue weighted by molar-refractivity contribution is 5.67. The van der Waals surface area contributed by atoms with Crippen LogP contribution in [0.5, 0.6) is 0 Å². The van der Waals surface area contributed by atoms with Crippen molar-refractivity contribution in [2.75, 3.05) is 6.54 Å². The van der Waals surface area contributed by atoms with Gasteiger partial charge in [-0.2, -0.15) is 0 Å². The molecule has 1 aromatic heterocycles. The summed E-state index contributed by atoms with van der Waals surface area (Å²) in [6.07, 6.45) is 4.99. The molecule has 100 valence electrons. The molecule has 2 aromatic rings. The number of nitrogens with zero attached hydrogens (tertiary/aromatic N) is 1. The molecule has 0 aliphatic carbocycles. The Hall–Kier alpha value is -1.67. The first-order valence-corrected chi connectivity index (χ1v) is 6.96. The van der Waals surface area contributed by atoms with Crippen molar-refractivity contribution in [3.05, 3.63) is 53.9 Å². The Morgan fingerprint density at radius 3 is 2.74 bits per heavy atom. The molecule has 19 heavy (non-hydrogen) atoms. The molecule has 0 spiro atoms. The highest BCUT2D eigenvalue weighted by Gasteiger charge is 2.10. The fraction of sp³-hybridized carbons (Fsp3) is 0.353. The highest BCUT2D eigenvalue weighted by atomic mass is 14.9. The van der Waals surface area contributed by atoms with Crippen LogP contribution in [0.25, 0.3) is 11.1 Å². The number of rotatable bonds is 5. The molecule has 1 N–H and O–H groups in total. The maximum absolute atomic E-state index is 4.30. The molecule has 0 fully saturated rings. The molecule has 0 aliphatic heterocycles. The van der Waals surface area contributed by atoms with E-state index in [0.717, 1.165) is 13.0 Å². The van der Waals surface area contributed by atoms with Crippen molar-refractivity contribution in [2.24, 2.45) is 0 Å². The van der Waals surface area contributed by atoms with Crippen LogP contribution in [0, 0.1) is 6.92 Å². The van der Waals surface area contributed by atoms with Gasteiger partial charge in [0.2, 0.25) is 0 Å². The average molecular weight is 254 g/mol. The van der Waals surface area contributed by atoms with E-state index in [9.17, 15) is 0 Å². The summed E-state index contributed by atoms with van der Waals surface area (Å²) >= 11 is 0. The molecular weight excluding hydrogens is 232 g/mol. The lowest BCUT2D eigenvalue weighted by molar-refractivity contribution is 0.571. The van der Waals surface area contributed by atoms with Crippen molar-refractivity contribution < 1.29 is 0 Å². The van der Waals surface area contributed by atoms with E-state index < -0.39 is 0 Å². The summed E-state index contributed by atoms with van der Waals surface area (Å²) in [7, 11) is 0. The molecule has 0 amide bonds. The summed E-state index contributed by atoms with van der Waals surface area (Å²) in [5.41, 5.74) is 5.00. The molecule has 1 unspecified atom stereocenters. The van der Waals surface area contributed by atoms with Crippen molar-refractivity contribution in [2.45, 2.75) is 33.2 Å². The van der Waals surface area contributed by atoms with Crippen molar-refractivity contribution in [1.82, 2.24) is 10.3 Å². The van der Waals surface area contributed by atoms with Gasteiger partial charge in [0, 0.05) is 24.0 Å². The van der Waals surface area contributed by atoms with Gasteiger partial charge in [0.15, 0.2) is 0 Å². The van der Waals surface area contributed by atoms with Crippen molar-refractivity contribution in [1.29, 1.82) is 0 Å². The minimum atomic E-state index is 0.358. The van der Waals surface area contributed by atoms with Gasteiger partial charge in [0.25, 0.3) is 0 Å². The van der Waals surface area contributed by atoms with E-state index >= 15 is 0 Å². The fourth-order valence-electron chi connectivity index (χ4n) is 2.31. The van der Waals surface area contributed by atoms with Crippen LogP contribution in [0.15, 0.2) is 42.7 Å². The number of benzene rings is 1. The molecule has 1 atom stereocenters. The first-order valence-electron chi connectivity index (χ1n) is 6.96. The van der Waals surface area contributed by atoms with Crippen LogP contribution in [0.1, 0.15) is 37.4 Å². The SMILES string of the molecule is CCCNC(C)c1ccccc1-c1cncc(C)c1. The highest BCUT2D eigenvalue weighted by Crippen LogP contribution is 2.28. The number of pyridine rings is 1. The van der Waals surface area contributed by atoms with E-state index in [1.54, 1.807) is 0 Å². The standard InChI is InChI=1S/C17H22N2/c1-4-9-19-14(3)16-7-5-6-8-17(16)15-10-13(2)11-18-12-15/h5-8,10-12,14,19H,4,9H2,1-3H3. The van der Waals surface area contributed by atoms with Gasteiger partial charge in [-0.3, -0.25) is 4.98 Å². The third-order valence-electron chi connectivity index (χ3n) is 3.31. The Balaban J connectivity index is 2.35. The largest absolute Gasteiger partial charge is 0.310 e. The van der Waals surface area contributed by atoms with Gasteiger partial charge in [-0.15, -0.1) is 0 Å². The van der Waals surface area contributed by atoms with E-state index in [-0.39, 0.29) is 0 Å². The Kier molecular flexibility index (Phi) is 4.69. The van der Waals surface area contributed by atoms with Gasteiger partial charge in [0.05, 0.1) is 0 Å². The van der Waals surface area contributed by atoms with Crippen LogP contribution < -0.4 is 5.32 Å². The average Bonchev–Trinajstić information content (AvgIpc) is 2.45. The third kappa shape index (κ3) is 3.42. The number of hydrogen-bond acceptors (Lipinski definition) is 2. The predicted octanol–water partition coefficient (Wildman–Crippen LogP) is 4.12. The minimum Gasteiger partial charge on any atom is -0.310 e. The molecular formula is C17H22N2. The number of aromatic nitrogens is 1. The topological polar surface area (TPSA) is 24.9 Å². The summed E-state index contributed by atoms with van der Waals surface area (Å²) in [5, 5.41) is 3.55. The van der Waals surface area contributed by atoms with Crippen LogP contribution in [0.3, 0.4) is 0 Å². The zero-order chi connectivity index (χ0) is 13.7. The summed E-state index contributed by atoms with van der Waals surface area (Å²) in [6.45, 7) is 7.53. The molecule has 2 nitrogen and oxygen atoms in total. The normalized spacial score (nSPS) is 12.4. The Morgan fingerprint density at radius 1 is 1.21 bits per heavy atom. The zero-order valence-electron chi connectivity index (χ0n) is 12.0. The van der Waals surface area contributed by atoms with Crippen LogP contribution in [-0.4, -0.2) is 11.5 Å². The van der Waals surface area contributed by atoms with Gasteiger partial charge < -0.3 is 5.32 Å². The lowest BCUT2D eigenvalue weighted by Crippen LogP contribution is -2.19. The first-order chi connectivity index (χ1) is 9.22. The second-order valence-corrected chi connectivity index (χ2v) is 5.01. The molecule has 2 heteroatoms. The van der Waals surface area contributed by atoms with Crippen LogP contribution in [0.2, 0.25) is 0 Å². The number of aryl methyl sites for hydroxylation is 1. The van der Waals surface area contributed by atoms with Gasteiger partial charge in [-0.1, -0.05) is 31.2 Å². The quantitative estimate of drug-likeness (QED) is 0.868. The van der Waals surface area contributed by atoms with E-state index in [1.165, 1.54) is 22.3 Å².